The molecule has 0 amide bonds. The van der Waals surface area contributed by atoms with E-state index in [9.17, 15) is 21.6 Å². The molecule has 0 aromatic heterocycles. The van der Waals surface area contributed by atoms with Crippen molar-refractivity contribution in [2.24, 2.45) is 5.14 Å². The molecule has 1 rings (SSSR count). The average Bonchev–Trinajstić information content (AvgIpc) is 2.15. The lowest BCUT2D eigenvalue weighted by Crippen LogP contribution is -2.16. The van der Waals surface area contributed by atoms with Crippen molar-refractivity contribution < 1.29 is 21.6 Å². The molecular weight excluding hydrogens is 257 g/mol. The Labute approximate surface area is 96.7 Å². The third-order valence-electron chi connectivity index (χ3n) is 1.99. The van der Waals surface area contributed by atoms with Crippen molar-refractivity contribution >= 4 is 15.7 Å². The summed E-state index contributed by atoms with van der Waals surface area (Å²) in [5.74, 6) is 0. The summed E-state index contributed by atoms with van der Waals surface area (Å²) in [6, 6.07) is 2.60. The zero-order chi connectivity index (χ0) is 13.3. The summed E-state index contributed by atoms with van der Waals surface area (Å²) in [5.41, 5.74) is -1.22. The van der Waals surface area contributed by atoms with Crippen LogP contribution < -0.4 is 10.5 Å². The summed E-state index contributed by atoms with van der Waals surface area (Å²) in [5, 5.41) is 7.28. The Hall–Kier alpha value is -1.28. The first-order valence-electron chi connectivity index (χ1n) is 4.64. The van der Waals surface area contributed by atoms with Gasteiger partial charge >= 0.3 is 6.18 Å². The highest BCUT2D eigenvalue weighted by Gasteiger charge is 2.34. The molecule has 0 heterocycles. The van der Waals surface area contributed by atoms with Gasteiger partial charge in [0.1, 0.15) is 0 Å². The summed E-state index contributed by atoms with van der Waals surface area (Å²) < 4.78 is 59.9. The Morgan fingerprint density at radius 2 is 1.94 bits per heavy atom. The summed E-state index contributed by atoms with van der Waals surface area (Å²) in [6.45, 7) is 1.92. The van der Waals surface area contributed by atoms with Crippen LogP contribution in [-0.2, 0) is 16.2 Å². The molecule has 0 atom stereocenters. The van der Waals surface area contributed by atoms with Crippen molar-refractivity contribution in [2.45, 2.75) is 18.0 Å². The Kier molecular flexibility index (Phi) is 3.68. The lowest BCUT2D eigenvalue weighted by Gasteiger charge is -2.14. The summed E-state index contributed by atoms with van der Waals surface area (Å²) in [4.78, 5) is -0.563. The van der Waals surface area contributed by atoms with Crippen molar-refractivity contribution in [1.82, 2.24) is 0 Å². The number of benzene rings is 1. The molecule has 0 unspecified atom stereocenters. The molecule has 0 radical (unpaired) electrons. The molecule has 1 aromatic carbocycles. The van der Waals surface area contributed by atoms with Gasteiger partial charge in [-0.25, -0.2) is 13.6 Å². The van der Waals surface area contributed by atoms with Gasteiger partial charge in [0.2, 0.25) is 10.0 Å². The SMILES string of the molecule is CCNc1ccc(S(N)(=O)=O)cc1C(F)(F)F. The molecule has 8 heteroatoms. The fraction of sp³-hybridized carbons (Fsp3) is 0.333. The molecule has 96 valence electrons. The van der Waals surface area contributed by atoms with E-state index in [0.29, 0.717) is 6.07 Å². The highest BCUT2D eigenvalue weighted by atomic mass is 32.2. The van der Waals surface area contributed by atoms with Gasteiger partial charge in [-0.05, 0) is 25.1 Å². The molecule has 0 bridgehead atoms. The number of nitrogens with two attached hydrogens (primary N) is 1. The normalized spacial score (nSPS) is 12.5. The lowest BCUT2D eigenvalue weighted by molar-refractivity contribution is -0.137. The van der Waals surface area contributed by atoms with Crippen LogP contribution in [0.25, 0.3) is 0 Å². The average molecular weight is 268 g/mol. The molecule has 0 saturated heterocycles. The Morgan fingerprint density at radius 1 is 1.35 bits per heavy atom. The Morgan fingerprint density at radius 3 is 2.35 bits per heavy atom. The second kappa shape index (κ2) is 4.53. The monoisotopic (exact) mass is 268 g/mol. The van der Waals surface area contributed by atoms with Gasteiger partial charge in [0.15, 0.2) is 0 Å². The van der Waals surface area contributed by atoms with E-state index in [2.05, 4.69) is 5.32 Å². The fourth-order valence-electron chi connectivity index (χ4n) is 1.28. The van der Waals surface area contributed by atoms with E-state index in [0.717, 1.165) is 12.1 Å². The first-order chi connectivity index (χ1) is 7.66. The third kappa shape index (κ3) is 3.34. The largest absolute Gasteiger partial charge is 0.418 e. The first-order valence-corrected chi connectivity index (χ1v) is 6.19. The van der Waals surface area contributed by atoms with Gasteiger partial charge in [0, 0.05) is 12.2 Å². The fourth-order valence-corrected chi connectivity index (χ4v) is 1.82. The van der Waals surface area contributed by atoms with E-state index in [1.165, 1.54) is 0 Å². The van der Waals surface area contributed by atoms with Crippen LogP contribution in [0.2, 0.25) is 0 Å². The third-order valence-corrected chi connectivity index (χ3v) is 2.90. The summed E-state index contributed by atoms with van der Waals surface area (Å²) in [7, 11) is -4.15. The van der Waals surface area contributed by atoms with Crippen molar-refractivity contribution in [3.05, 3.63) is 23.8 Å². The Bertz CT molecular complexity index is 511. The molecule has 0 spiro atoms. The van der Waals surface area contributed by atoms with Crippen molar-refractivity contribution in [1.29, 1.82) is 0 Å². The van der Waals surface area contributed by atoms with Crippen LogP contribution in [0.1, 0.15) is 12.5 Å². The number of halogens is 3. The second-order valence-corrected chi connectivity index (χ2v) is 4.84. The van der Waals surface area contributed by atoms with Crippen LogP contribution in [0.5, 0.6) is 0 Å². The first kappa shape index (κ1) is 13.8. The molecule has 17 heavy (non-hydrogen) atoms. The Balaban J connectivity index is 3.40. The lowest BCUT2D eigenvalue weighted by atomic mass is 10.1. The maximum atomic E-state index is 12.7. The van der Waals surface area contributed by atoms with E-state index in [-0.39, 0.29) is 12.2 Å². The quantitative estimate of drug-likeness (QED) is 0.877. The number of sulfonamides is 1. The molecular formula is C9H11F3N2O2S. The van der Waals surface area contributed by atoms with Crippen molar-refractivity contribution in [3.8, 4) is 0 Å². The highest BCUT2D eigenvalue weighted by molar-refractivity contribution is 7.89. The second-order valence-electron chi connectivity index (χ2n) is 3.28. The van der Waals surface area contributed by atoms with Crippen LogP contribution in [-0.4, -0.2) is 15.0 Å². The van der Waals surface area contributed by atoms with E-state index >= 15 is 0 Å². The molecule has 4 nitrogen and oxygen atoms in total. The zero-order valence-corrected chi connectivity index (χ0v) is 9.69. The van der Waals surface area contributed by atoms with Gasteiger partial charge in [-0.15, -0.1) is 0 Å². The molecule has 0 fully saturated rings. The summed E-state index contributed by atoms with van der Waals surface area (Å²) in [6.07, 6.45) is -4.64. The van der Waals surface area contributed by atoms with Crippen molar-refractivity contribution in [3.63, 3.8) is 0 Å². The van der Waals surface area contributed by atoms with Gasteiger partial charge in [0.25, 0.3) is 0 Å². The number of hydrogen-bond acceptors (Lipinski definition) is 3. The molecule has 0 aliphatic heterocycles. The number of rotatable bonds is 3. The standard InChI is InChI=1S/C9H11F3N2O2S/c1-2-14-8-4-3-6(17(13,15)16)5-7(8)9(10,11)12/h3-5,14H,2H2,1H3,(H2,13,15,16). The van der Waals surface area contributed by atoms with Crippen LogP contribution in [0.15, 0.2) is 23.1 Å². The van der Waals surface area contributed by atoms with Crippen LogP contribution in [0.4, 0.5) is 18.9 Å². The smallest absolute Gasteiger partial charge is 0.385 e. The van der Waals surface area contributed by atoms with E-state index in [1.54, 1.807) is 6.92 Å². The van der Waals surface area contributed by atoms with Gasteiger partial charge in [-0.3, -0.25) is 0 Å². The predicted molar refractivity (Wildman–Crippen MR) is 57.0 cm³/mol. The summed E-state index contributed by atoms with van der Waals surface area (Å²) >= 11 is 0. The minimum absolute atomic E-state index is 0.174. The molecule has 0 aliphatic rings. The van der Waals surface area contributed by atoms with E-state index < -0.39 is 26.7 Å². The van der Waals surface area contributed by atoms with Crippen LogP contribution in [0.3, 0.4) is 0 Å². The van der Waals surface area contributed by atoms with Crippen LogP contribution in [0, 0.1) is 0 Å². The molecule has 0 aliphatic carbocycles. The number of hydrogen-bond donors (Lipinski definition) is 2. The molecule has 1 aromatic rings. The maximum Gasteiger partial charge on any atom is 0.418 e. The van der Waals surface area contributed by atoms with Crippen LogP contribution >= 0.6 is 0 Å². The van der Waals surface area contributed by atoms with Gasteiger partial charge in [-0.2, -0.15) is 13.2 Å². The zero-order valence-electron chi connectivity index (χ0n) is 8.88. The van der Waals surface area contributed by atoms with Crippen molar-refractivity contribution in [2.75, 3.05) is 11.9 Å². The van der Waals surface area contributed by atoms with E-state index in [4.69, 9.17) is 5.14 Å². The number of primary sulfonamides is 1. The minimum atomic E-state index is -4.64. The van der Waals surface area contributed by atoms with Gasteiger partial charge in [0.05, 0.1) is 10.5 Å². The van der Waals surface area contributed by atoms with Gasteiger partial charge < -0.3 is 5.32 Å². The highest BCUT2D eigenvalue weighted by Crippen LogP contribution is 2.36. The maximum absolute atomic E-state index is 12.7. The van der Waals surface area contributed by atoms with E-state index in [1.807, 2.05) is 0 Å². The molecule has 3 N–H and O–H groups in total. The predicted octanol–water partition coefficient (Wildman–Crippen LogP) is 1.78. The molecule has 0 saturated carbocycles. The number of alkyl halides is 3. The minimum Gasteiger partial charge on any atom is -0.385 e. The van der Waals surface area contributed by atoms with Gasteiger partial charge in [-0.1, -0.05) is 0 Å². The number of nitrogens with one attached hydrogen (secondary N) is 1. The number of anilines is 1. The topological polar surface area (TPSA) is 72.2 Å².